The number of hydrogen-bond acceptors (Lipinski definition) is 5. The van der Waals surface area contributed by atoms with Gasteiger partial charge in [0.15, 0.2) is 0 Å². The fraction of sp³-hybridized carbons (Fsp3) is 0. The lowest BCUT2D eigenvalue weighted by atomic mass is 10.1. The van der Waals surface area contributed by atoms with Crippen LogP contribution in [0.1, 0.15) is 0 Å². The molecule has 0 aromatic heterocycles. The van der Waals surface area contributed by atoms with Crippen LogP contribution in [0.2, 0.25) is 0 Å². The van der Waals surface area contributed by atoms with Gasteiger partial charge in [-0.3, -0.25) is 20.2 Å². The second-order valence-electron chi connectivity index (χ2n) is 3.42. The Kier molecular flexibility index (Phi) is 2.36. The second kappa shape index (κ2) is 3.71. The van der Waals surface area contributed by atoms with E-state index in [1.54, 1.807) is 6.07 Å². The number of rotatable bonds is 2. The quantitative estimate of drug-likeness (QED) is 0.485. The largest absolute Gasteiger partial charge is 0.398 e. The Labute approximate surface area is 94.8 Å². The normalized spacial score (nSPS) is 10.4. The molecule has 0 bridgehead atoms. The zero-order chi connectivity index (χ0) is 12.6. The van der Waals surface area contributed by atoms with E-state index in [2.05, 4.69) is 0 Å². The fourth-order valence-corrected chi connectivity index (χ4v) is 1.68. The number of nitrogens with two attached hydrogens (primary N) is 1. The standard InChI is InChI=1S/C10H7N3O4/c11-8-5-7(12(14)15)4-6-2-1-3-9(10(6)8)13(16)17/h1-5H,11H2. The van der Waals surface area contributed by atoms with Gasteiger partial charge in [0.25, 0.3) is 11.4 Å². The molecule has 7 heteroatoms. The maximum absolute atomic E-state index is 10.8. The van der Waals surface area contributed by atoms with E-state index in [0.29, 0.717) is 5.39 Å². The Bertz CT molecular complexity index is 639. The van der Waals surface area contributed by atoms with E-state index >= 15 is 0 Å². The first-order valence-electron chi connectivity index (χ1n) is 4.61. The lowest BCUT2D eigenvalue weighted by Gasteiger charge is -2.03. The number of nitro groups is 2. The number of hydrogen-bond donors (Lipinski definition) is 1. The van der Waals surface area contributed by atoms with Crippen molar-refractivity contribution in [1.82, 2.24) is 0 Å². The Morgan fingerprint density at radius 3 is 2.35 bits per heavy atom. The number of benzene rings is 2. The maximum atomic E-state index is 10.8. The molecule has 0 heterocycles. The Hall–Kier alpha value is -2.70. The molecule has 7 nitrogen and oxygen atoms in total. The summed E-state index contributed by atoms with van der Waals surface area (Å²) in [5, 5.41) is 22.0. The third-order valence-corrected chi connectivity index (χ3v) is 2.38. The van der Waals surface area contributed by atoms with Crippen molar-refractivity contribution in [3.8, 4) is 0 Å². The molecule has 0 aliphatic heterocycles. The molecule has 17 heavy (non-hydrogen) atoms. The van der Waals surface area contributed by atoms with Gasteiger partial charge in [-0.1, -0.05) is 12.1 Å². The summed E-state index contributed by atoms with van der Waals surface area (Å²) in [4.78, 5) is 20.3. The molecule has 0 saturated heterocycles. The highest BCUT2D eigenvalue weighted by Crippen LogP contribution is 2.33. The van der Waals surface area contributed by atoms with Crippen LogP contribution in [0.15, 0.2) is 30.3 Å². The van der Waals surface area contributed by atoms with Gasteiger partial charge in [0.05, 0.1) is 20.9 Å². The van der Waals surface area contributed by atoms with Gasteiger partial charge in [-0.25, -0.2) is 0 Å². The molecule has 0 unspecified atom stereocenters. The number of nitrogen functional groups attached to an aromatic ring is 1. The van der Waals surface area contributed by atoms with Crippen molar-refractivity contribution < 1.29 is 9.85 Å². The molecule has 0 saturated carbocycles. The van der Waals surface area contributed by atoms with Gasteiger partial charge in [0.1, 0.15) is 0 Å². The van der Waals surface area contributed by atoms with Gasteiger partial charge in [0, 0.05) is 18.2 Å². The first-order chi connectivity index (χ1) is 8.00. The van der Waals surface area contributed by atoms with Gasteiger partial charge < -0.3 is 5.73 Å². The van der Waals surface area contributed by atoms with E-state index in [1.807, 2.05) is 0 Å². The van der Waals surface area contributed by atoms with Crippen molar-refractivity contribution in [3.05, 3.63) is 50.6 Å². The van der Waals surface area contributed by atoms with Crippen molar-refractivity contribution >= 4 is 27.8 Å². The minimum atomic E-state index is -0.589. The van der Waals surface area contributed by atoms with Crippen LogP contribution in [0.5, 0.6) is 0 Å². The van der Waals surface area contributed by atoms with E-state index in [-0.39, 0.29) is 22.4 Å². The van der Waals surface area contributed by atoms with Crippen molar-refractivity contribution in [2.24, 2.45) is 0 Å². The average molecular weight is 233 g/mol. The molecule has 0 aliphatic rings. The molecule has 0 amide bonds. The van der Waals surface area contributed by atoms with Crippen LogP contribution < -0.4 is 5.73 Å². The third-order valence-electron chi connectivity index (χ3n) is 2.38. The molecule has 0 spiro atoms. The van der Waals surface area contributed by atoms with Crippen LogP contribution in [0.4, 0.5) is 17.1 Å². The smallest absolute Gasteiger partial charge is 0.279 e. The summed E-state index contributed by atoms with van der Waals surface area (Å²) in [6.07, 6.45) is 0. The zero-order valence-corrected chi connectivity index (χ0v) is 8.49. The van der Waals surface area contributed by atoms with Gasteiger partial charge >= 0.3 is 0 Å². The minimum Gasteiger partial charge on any atom is -0.398 e. The molecular formula is C10H7N3O4. The van der Waals surface area contributed by atoms with Crippen LogP contribution in [0, 0.1) is 20.2 Å². The maximum Gasteiger partial charge on any atom is 0.279 e. The first-order valence-corrected chi connectivity index (χ1v) is 4.61. The predicted octanol–water partition coefficient (Wildman–Crippen LogP) is 2.24. The third kappa shape index (κ3) is 1.73. The van der Waals surface area contributed by atoms with Crippen molar-refractivity contribution in [2.75, 3.05) is 5.73 Å². The lowest BCUT2D eigenvalue weighted by molar-refractivity contribution is -0.384. The summed E-state index contributed by atoms with van der Waals surface area (Å²) in [5.74, 6) is 0. The molecule has 2 N–H and O–H groups in total. The van der Waals surface area contributed by atoms with Crippen molar-refractivity contribution in [1.29, 1.82) is 0 Å². The van der Waals surface area contributed by atoms with E-state index in [1.165, 1.54) is 18.2 Å². The summed E-state index contributed by atoms with van der Waals surface area (Å²) in [6, 6.07) is 6.70. The second-order valence-corrected chi connectivity index (χ2v) is 3.42. The van der Waals surface area contributed by atoms with E-state index in [4.69, 9.17) is 5.73 Å². The fourth-order valence-electron chi connectivity index (χ4n) is 1.68. The zero-order valence-electron chi connectivity index (χ0n) is 8.49. The Morgan fingerprint density at radius 1 is 1.06 bits per heavy atom. The number of fused-ring (bicyclic) bond motifs is 1. The van der Waals surface area contributed by atoms with E-state index in [0.717, 1.165) is 6.07 Å². The van der Waals surface area contributed by atoms with Crippen LogP contribution in [0.25, 0.3) is 10.8 Å². The van der Waals surface area contributed by atoms with Gasteiger partial charge in [-0.15, -0.1) is 0 Å². The predicted molar refractivity (Wildman–Crippen MR) is 61.7 cm³/mol. The monoisotopic (exact) mass is 233 g/mol. The molecule has 2 rings (SSSR count). The van der Waals surface area contributed by atoms with Crippen LogP contribution >= 0.6 is 0 Å². The van der Waals surface area contributed by atoms with E-state index in [9.17, 15) is 20.2 Å². The van der Waals surface area contributed by atoms with Crippen LogP contribution in [0.3, 0.4) is 0 Å². The van der Waals surface area contributed by atoms with Crippen LogP contribution in [-0.2, 0) is 0 Å². The SMILES string of the molecule is Nc1cc([N+](=O)[O-])cc2cccc([N+](=O)[O-])c12. The number of nitrogens with zero attached hydrogens (tertiary/aromatic N) is 2. The van der Waals surface area contributed by atoms with E-state index < -0.39 is 9.85 Å². The van der Waals surface area contributed by atoms with Crippen molar-refractivity contribution in [2.45, 2.75) is 0 Å². The first kappa shape index (κ1) is 10.8. The molecule has 2 aromatic carbocycles. The molecule has 0 atom stereocenters. The number of nitro benzene ring substituents is 2. The highest BCUT2D eigenvalue weighted by Gasteiger charge is 2.17. The molecule has 0 fully saturated rings. The summed E-state index contributed by atoms with van der Waals surface area (Å²) in [7, 11) is 0. The Balaban J connectivity index is 2.85. The summed E-state index contributed by atoms with van der Waals surface area (Å²) < 4.78 is 0. The summed E-state index contributed by atoms with van der Waals surface area (Å²) in [6.45, 7) is 0. The summed E-state index contributed by atoms with van der Waals surface area (Å²) in [5.41, 5.74) is 5.31. The highest BCUT2D eigenvalue weighted by molar-refractivity contribution is 6.01. The molecule has 0 radical (unpaired) electrons. The average Bonchev–Trinajstić information content (AvgIpc) is 2.27. The molecule has 2 aromatic rings. The number of non-ortho nitro benzene ring substituents is 2. The Morgan fingerprint density at radius 2 is 1.76 bits per heavy atom. The highest BCUT2D eigenvalue weighted by atomic mass is 16.6. The molecule has 86 valence electrons. The summed E-state index contributed by atoms with van der Waals surface area (Å²) >= 11 is 0. The molecule has 0 aliphatic carbocycles. The van der Waals surface area contributed by atoms with Gasteiger partial charge in [-0.05, 0) is 5.39 Å². The molecular weight excluding hydrogens is 226 g/mol. The van der Waals surface area contributed by atoms with Gasteiger partial charge in [0.2, 0.25) is 0 Å². The lowest BCUT2D eigenvalue weighted by Crippen LogP contribution is -1.96. The van der Waals surface area contributed by atoms with Crippen LogP contribution in [-0.4, -0.2) is 9.85 Å². The van der Waals surface area contributed by atoms with Crippen molar-refractivity contribution in [3.63, 3.8) is 0 Å². The minimum absolute atomic E-state index is 0.0292. The number of anilines is 1. The van der Waals surface area contributed by atoms with Gasteiger partial charge in [-0.2, -0.15) is 0 Å². The topological polar surface area (TPSA) is 112 Å².